The molecule has 0 saturated carbocycles. The van der Waals surface area contributed by atoms with Gasteiger partial charge in [0.05, 0.1) is 10.8 Å². The minimum atomic E-state index is -3.65. The van der Waals surface area contributed by atoms with E-state index in [1.165, 1.54) is 10.4 Å². The largest absolute Gasteiger partial charge is 0.481 e. The number of hydrogen-bond acceptors (Lipinski definition) is 3. The van der Waals surface area contributed by atoms with Gasteiger partial charge in [0.15, 0.2) is 0 Å². The topological polar surface area (TPSA) is 74.7 Å². The van der Waals surface area contributed by atoms with Gasteiger partial charge in [0.1, 0.15) is 0 Å². The van der Waals surface area contributed by atoms with Crippen molar-refractivity contribution < 1.29 is 18.3 Å². The molecule has 1 saturated heterocycles. The summed E-state index contributed by atoms with van der Waals surface area (Å²) >= 11 is 6.48. The van der Waals surface area contributed by atoms with Crippen molar-refractivity contribution in [2.24, 2.45) is 5.92 Å². The molecule has 1 heterocycles. The lowest BCUT2D eigenvalue weighted by Gasteiger charge is -2.17. The second kappa shape index (κ2) is 5.51. The molecule has 0 radical (unpaired) electrons. The maximum Gasteiger partial charge on any atom is 0.307 e. The van der Waals surface area contributed by atoms with Crippen LogP contribution in [-0.4, -0.2) is 36.9 Å². The van der Waals surface area contributed by atoms with Gasteiger partial charge >= 0.3 is 5.97 Å². The molecule has 1 aromatic rings. The molecule has 19 heavy (non-hydrogen) atoms. The lowest BCUT2D eigenvalue weighted by Crippen LogP contribution is -2.30. The maximum atomic E-state index is 12.4. The Balaban J connectivity index is 2.31. The predicted octanol–water partition coefficient (Wildman–Crippen LogP) is 2.31. The molecule has 1 aliphatic heterocycles. The van der Waals surface area contributed by atoms with Gasteiger partial charge in [0, 0.05) is 22.0 Å². The minimum Gasteiger partial charge on any atom is -0.481 e. The zero-order valence-electron chi connectivity index (χ0n) is 9.71. The molecule has 104 valence electrons. The molecule has 1 unspecified atom stereocenters. The van der Waals surface area contributed by atoms with Crippen molar-refractivity contribution in [3.63, 3.8) is 0 Å². The summed E-state index contributed by atoms with van der Waals surface area (Å²) in [7, 11) is -3.65. The van der Waals surface area contributed by atoms with Crippen molar-refractivity contribution in [3.05, 3.63) is 27.1 Å². The molecule has 1 atom stereocenters. The molecule has 0 aliphatic carbocycles. The van der Waals surface area contributed by atoms with Crippen molar-refractivity contribution in [1.29, 1.82) is 0 Å². The summed E-state index contributed by atoms with van der Waals surface area (Å²) in [6, 6.07) is 4.79. The molecule has 0 spiro atoms. The first-order valence-electron chi connectivity index (χ1n) is 5.50. The average molecular weight is 413 g/mol. The highest BCUT2D eigenvalue weighted by Crippen LogP contribution is 2.30. The Hall–Kier alpha value is -0.440. The quantitative estimate of drug-likeness (QED) is 0.826. The number of carbonyl (C=O) groups is 1. The highest BCUT2D eigenvalue weighted by molar-refractivity contribution is 9.11. The number of rotatable bonds is 3. The molecule has 0 aromatic heterocycles. The lowest BCUT2D eigenvalue weighted by atomic mass is 10.1. The third kappa shape index (κ3) is 3.01. The van der Waals surface area contributed by atoms with E-state index in [0.717, 1.165) is 4.47 Å². The van der Waals surface area contributed by atoms with Crippen LogP contribution >= 0.6 is 31.9 Å². The van der Waals surface area contributed by atoms with E-state index in [0.29, 0.717) is 10.9 Å². The van der Waals surface area contributed by atoms with E-state index in [2.05, 4.69) is 31.9 Å². The van der Waals surface area contributed by atoms with Crippen LogP contribution in [0.4, 0.5) is 0 Å². The van der Waals surface area contributed by atoms with Crippen LogP contribution in [0.2, 0.25) is 0 Å². The third-order valence-corrected chi connectivity index (χ3v) is 6.35. The Labute approximate surface area is 127 Å². The van der Waals surface area contributed by atoms with Crippen LogP contribution in [0.1, 0.15) is 6.42 Å². The van der Waals surface area contributed by atoms with Crippen molar-refractivity contribution in [3.8, 4) is 0 Å². The van der Waals surface area contributed by atoms with Crippen LogP contribution in [-0.2, 0) is 14.8 Å². The molecule has 1 aliphatic rings. The molecule has 2 rings (SSSR count). The van der Waals surface area contributed by atoms with Crippen molar-refractivity contribution in [2.45, 2.75) is 11.3 Å². The molecular formula is C11H11Br2NO4S. The maximum absolute atomic E-state index is 12.4. The third-order valence-electron chi connectivity index (χ3n) is 3.01. The van der Waals surface area contributed by atoms with E-state index in [-0.39, 0.29) is 18.0 Å². The summed E-state index contributed by atoms with van der Waals surface area (Å²) in [5.74, 6) is -1.57. The Morgan fingerprint density at radius 3 is 2.58 bits per heavy atom. The Morgan fingerprint density at radius 2 is 2.05 bits per heavy atom. The molecule has 1 N–H and O–H groups in total. The number of nitrogens with zero attached hydrogens (tertiary/aromatic N) is 1. The fourth-order valence-electron chi connectivity index (χ4n) is 1.97. The summed E-state index contributed by atoms with van der Waals surface area (Å²) in [5.41, 5.74) is 0. The first-order chi connectivity index (χ1) is 8.82. The number of aliphatic carboxylic acids is 1. The Bertz CT molecular complexity index is 617. The van der Waals surface area contributed by atoms with Gasteiger partial charge in [-0.05, 0) is 40.5 Å². The molecular weight excluding hydrogens is 402 g/mol. The monoisotopic (exact) mass is 411 g/mol. The minimum absolute atomic E-state index is 0.0279. The van der Waals surface area contributed by atoms with E-state index in [1.54, 1.807) is 12.1 Å². The van der Waals surface area contributed by atoms with Gasteiger partial charge < -0.3 is 5.11 Å². The van der Waals surface area contributed by atoms with Crippen LogP contribution in [0, 0.1) is 5.92 Å². The summed E-state index contributed by atoms with van der Waals surface area (Å²) in [6.45, 7) is 0.266. The molecule has 1 fully saturated rings. The Kier molecular flexibility index (Phi) is 4.34. The predicted molar refractivity (Wildman–Crippen MR) is 76.3 cm³/mol. The van der Waals surface area contributed by atoms with Crippen LogP contribution in [0.25, 0.3) is 0 Å². The van der Waals surface area contributed by atoms with Crippen molar-refractivity contribution >= 4 is 47.9 Å². The van der Waals surface area contributed by atoms with Crippen molar-refractivity contribution in [2.75, 3.05) is 13.1 Å². The summed E-state index contributed by atoms with van der Waals surface area (Å²) in [5, 5.41) is 8.92. The second-order valence-electron chi connectivity index (χ2n) is 4.26. The molecule has 0 amide bonds. The SMILES string of the molecule is O=C(O)C1CCN(S(=O)(=O)c2ccc(Br)cc2Br)C1. The first kappa shape index (κ1) is 15.0. The van der Waals surface area contributed by atoms with Gasteiger partial charge in [-0.2, -0.15) is 4.31 Å². The number of carboxylic acid groups (broad SMARTS) is 1. The van der Waals surface area contributed by atoms with Gasteiger partial charge in [-0.25, -0.2) is 8.42 Å². The second-order valence-corrected chi connectivity index (χ2v) is 7.94. The fraction of sp³-hybridized carbons (Fsp3) is 0.364. The molecule has 8 heteroatoms. The fourth-order valence-corrected chi connectivity index (χ4v) is 5.18. The lowest BCUT2D eigenvalue weighted by molar-refractivity contribution is -0.141. The van der Waals surface area contributed by atoms with E-state index < -0.39 is 21.9 Å². The van der Waals surface area contributed by atoms with Crippen LogP contribution < -0.4 is 0 Å². The first-order valence-corrected chi connectivity index (χ1v) is 8.53. The highest BCUT2D eigenvalue weighted by Gasteiger charge is 2.36. The summed E-state index contributed by atoms with van der Waals surface area (Å²) in [4.78, 5) is 11.0. The zero-order chi connectivity index (χ0) is 14.2. The molecule has 5 nitrogen and oxygen atoms in total. The van der Waals surface area contributed by atoms with E-state index in [9.17, 15) is 13.2 Å². The molecule has 1 aromatic carbocycles. The van der Waals surface area contributed by atoms with Gasteiger partial charge in [-0.1, -0.05) is 15.9 Å². The van der Waals surface area contributed by atoms with E-state index in [4.69, 9.17) is 5.11 Å². The van der Waals surface area contributed by atoms with Gasteiger partial charge in [0.25, 0.3) is 0 Å². The molecule has 0 bridgehead atoms. The van der Waals surface area contributed by atoms with Crippen LogP contribution in [0.5, 0.6) is 0 Å². The van der Waals surface area contributed by atoms with Gasteiger partial charge in [-0.3, -0.25) is 4.79 Å². The van der Waals surface area contributed by atoms with E-state index in [1.807, 2.05) is 0 Å². The summed E-state index contributed by atoms with van der Waals surface area (Å²) < 4.78 is 27.3. The number of halogens is 2. The van der Waals surface area contributed by atoms with Crippen molar-refractivity contribution in [1.82, 2.24) is 4.31 Å². The highest BCUT2D eigenvalue weighted by atomic mass is 79.9. The zero-order valence-corrected chi connectivity index (χ0v) is 13.7. The summed E-state index contributed by atoms with van der Waals surface area (Å²) in [6.07, 6.45) is 0.350. The average Bonchev–Trinajstić information content (AvgIpc) is 2.78. The Morgan fingerprint density at radius 1 is 1.37 bits per heavy atom. The smallest absolute Gasteiger partial charge is 0.307 e. The standard InChI is InChI=1S/C11H11Br2NO4S/c12-8-1-2-10(9(13)5-8)19(17,18)14-4-3-7(6-14)11(15)16/h1-2,5,7H,3-4,6H2,(H,15,16). The number of sulfonamides is 1. The van der Waals surface area contributed by atoms with E-state index >= 15 is 0 Å². The number of carboxylic acids is 1. The van der Waals surface area contributed by atoms with Crippen LogP contribution in [0.3, 0.4) is 0 Å². The normalized spacial score (nSPS) is 20.6. The van der Waals surface area contributed by atoms with Gasteiger partial charge in [0.2, 0.25) is 10.0 Å². The van der Waals surface area contributed by atoms with Crippen LogP contribution in [0.15, 0.2) is 32.0 Å². The number of benzene rings is 1. The van der Waals surface area contributed by atoms with Gasteiger partial charge in [-0.15, -0.1) is 0 Å². The number of hydrogen-bond donors (Lipinski definition) is 1.